The normalized spacial score (nSPS) is 16.4. The van der Waals surface area contributed by atoms with E-state index in [-0.39, 0.29) is 11.3 Å². The van der Waals surface area contributed by atoms with Crippen LogP contribution in [0.4, 0.5) is 5.69 Å². The van der Waals surface area contributed by atoms with Crippen molar-refractivity contribution in [2.24, 2.45) is 0 Å². The summed E-state index contributed by atoms with van der Waals surface area (Å²) >= 11 is 0. The van der Waals surface area contributed by atoms with Crippen molar-refractivity contribution in [1.82, 2.24) is 5.43 Å². The molecule has 5 heteroatoms. The van der Waals surface area contributed by atoms with Gasteiger partial charge < -0.3 is 5.11 Å². The number of amides is 2. The van der Waals surface area contributed by atoms with Gasteiger partial charge in [0, 0.05) is 5.56 Å². The molecule has 1 fully saturated rings. The summed E-state index contributed by atoms with van der Waals surface area (Å²) in [5, 5.41) is 10.9. The molecular weight excluding hydrogens is 268 g/mol. The van der Waals surface area contributed by atoms with E-state index in [1.165, 1.54) is 17.2 Å². The smallest absolute Gasteiger partial charge is 0.282 e. The molecular formula is C16H12N2O3. The molecule has 104 valence electrons. The van der Waals surface area contributed by atoms with Gasteiger partial charge in [-0.2, -0.15) is 0 Å². The fourth-order valence-electron chi connectivity index (χ4n) is 2.08. The molecule has 2 aromatic rings. The monoisotopic (exact) mass is 280 g/mol. The lowest BCUT2D eigenvalue weighted by molar-refractivity contribution is -0.117. The van der Waals surface area contributed by atoms with Gasteiger partial charge in [0.2, 0.25) is 0 Å². The van der Waals surface area contributed by atoms with E-state index in [2.05, 4.69) is 5.43 Å². The number of hydrogen-bond acceptors (Lipinski definition) is 3. The van der Waals surface area contributed by atoms with E-state index in [9.17, 15) is 14.7 Å². The number of nitrogens with zero attached hydrogens (tertiary/aromatic N) is 1. The number of para-hydroxylation sites is 2. The fraction of sp³-hybridized carbons (Fsp3) is 0. The van der Waals surface area contributed by atoms with Gasteiger partial charge in [0.05, 0.1) is 5.69 Å². The van der Waals surface area contributed by atoms with Crippen molar-refractivity contribution >= 4 is 23.6 Å². The minimum Gasteiger partial charge on any atom is -0.507 e. The van der Waals surface area contributed by atoms with E-state index >= 15 is 0 Å². The molecule has 2 N–H and O–H groups in total. The van der Waals surface area contributed by atoms with Crippen molar-refractivity contribution in [2.45, 2.75) is 0 Å². The summed E-state index contributed by atoms with van der Waals surface area (Å²) in [7, 11) is 0. The van der Waals surface area contributed by atoms with Crippen molar-refractivity contribution in [3.05, 3.63) is 65.7 Å². The lowest BCUT2D eigenvalue weighted by Gasteiger charge is -2.13. The van der Waals surface area contributed by atoms with Gasteiger partial charge in [-0.15, -0.1) is 0 Å². The first kappa shape index (κ1) is 12.9. The van der Waals surface area contributed by atoms with E-state index in [0.29, 0.717) is 11.3 Å². The number of anilines is 1. The number of carbonyl (C=O) groups excluding carboxylic acids is 2. The quantitative estimate of drug-likeness (QED) is 0.651. The molecule has 21 heavy (non-hydrogen) atoms. The molecule has 5 nitrogen and oxygen atoms in total. The Bertz CT molecular complexity index is 738. The number of carbonyl (C=O) groups is 2. The summed E-state index contributed by atoms with van der Waals surface area (Å²) in [6, 6.07) is 15.3. The van der Waals surface area contributed by atoms with Crippen LogP contribution in [0.3, 0.4) is 0 Å². The molecule has 0 aliphatic carbocycles. The highest BCUT2D eigenvalue weighted by Gasteiger charge is 2.34. The average molecular weight is 280 g/mol. The van der Waals surface area contributed by atoms with E-state index in [4.69, 9.17) is 0 Å². The molecule has 0 atom stereocenters. The number of phenolic OH excluding ortho intramolecular Hbond substituents is 1. The van der Waals surface area contributed by atoms with E-state index < -0.39 is 11.8 Å². The van der Waals surface area contributed by atoms with Crippen LogP contribution in [0, 0.1) is 0 Å². The molecule has 2 amide bonds. The molecule has 0 unspecified atom stereocenters. The molecule has 0 spiro atoms. The summed E-state index contributed by atoms with van der Waals surface area (Å²) in [5.74, 6) is -0.926. The summed E-state index contributed by atoms with van der Waals surface area (Å²) in [6.07, 6.45) is 1.38. The highest BCUT2D eigenvalue weighted by molar-refractivity contribution is 6.31. The van der Waals surface area contributed by atoms with Crippen LogP contribution >= 0.6 is 0 Å². The third-order valence-electron chi connectivity index (χ3n) is 3.14. The first-order chi connectivity index (χ1) is 10.2. The van der Waals surface area contributed by atoms with Crippen molar-refractivity contribution < 1.29 is 14.7 Å². The summed E-state index contributed by atoms with van der Waals surface area (Å²) < 4.78 is 0. The molecule has 0 bridgehead atoms. The topological polar surface area (TPSA) is 69.6 Å². The predicted octanol–water partition coefficient (Wildman–Crippen LogP) is 1.85. The molecule has 1 heterocycles. The number of nitrogens with one attached hydrogen (secondary N) is 1. The SMILES string of the molecule is O=C1NN(c2ccccc2)C(=O)/C1=C\c1ccccc1O. The molecule has 2 aromatic carbocycles. The zero-order chi connectivity index (χ0) is 14.8. The highest BCUT2D eigenvalue weighted by Crippen LogP contribution is 2.24. The third kappa shape index (κ3) is 2.36. The van der Waals surface area contributed by atoms with Gasteiger partial charge in [-0.25, -0.2) is 5.01 Å². The maximum absolute atomic E-state index is 12.3. The molecule has 1 aliphatic rings. The number of hydrazine groups is 1. The van der Waals surface area contributed by atoms with Crippen molar-refractivity contribution in [1.29, 1.82) is 0 Å². The number of aromatic hydroxyl groups is 1. The van der Waals surface area contributed by atoms with Crippen LogP contribution in [0.15, 0.2) is 60.2 Å². The first-order valence-electron chi connectivity index (χ1n) is 6.37. The standard InChI is InChI=1S/C16H12N2O3/c19-14-9-5-4-6-11(14)10-13-15(20)17-18(16(13)21)12-7-2-1-3-8-12/h1-10,19H,(H,17,20)/b13-10-. The Morgan fingerprint density at radius 2 is 1.62 bits per heavy atom. The minimum atomic E-state index is -0.493. The van der Waals surface area contributed by atoms with Crippen molar-refractivity contribution in [2.75, 3.05) is 5.01 Å². The maximum Gasteiger partial charge on any atom is 0.282 e. The second-order valence-corrected chi connectivity index (χ2v) is 4.53. The Hall–Kier alpha value is -3.08. The van der Waals surface area contributed by atoms with Crippen molar-refractivity contribution in [3.8, 4) is 5.75 Å². The molecule has 1 aliphatic heterocycles. The van der Waals surface area contributed by atoms with Crippen LogP contribution in [0.5, 0.6) is 5.75 Å². The Balaban J connectivity index is 1.97. The Morgan fingerprint density at radius 3 is 2.33 bits per heavy atom. The van der Waals surface area contributed by atoms with Gasteiger partial charge >= 0.3 is 0 Å². The number of benzene rings is 2. The van der Waals surface area contributed by atoms with Crippen LogP contribution in [0.25, 0.3) is 6.08 Å². The lowest BCUT2D eigenvalue weighted by atomic mass is 10.1. The van der Waals surface area contributed by atoms with Gasteiger partial charge in [0.15, 0.2) is 0 Å². The van der Waals surface area contributed by atoms with E-state index in [0.717, 1.165) is 0 Å². The number of hydrogen-bond donors (Lipinski definition) is 2. The number of phenols is 1. The average Bonchev–Trinajstić information content (AvgIpc) is 2.78. The number of rotatable bonds is 2. The second-order valence-electron chi connectivity index (χ2n) is 4.53. The van der Waals surface area contributed by atoms with Gasteiger partial charge in [-0.05, 0) is 24.3 Å². The predicted molar refractivity (Wildman–Crippen MR) is 78.2 cm³/mol. The lowest BCUT2D eigenvalue weighted by Crippen LogP contribution is -2.35. The van der Waals surface area contributed by atoms with Gasteiger partial charge in [-0.3, -0.25) is 15.0 Å². The summed E-state index contributed by atoms with van der Waals surface area (Å²) in [6.45, 7) is 0. The van der Waals surface area contributed by atoms with Crippen LogP contribution in [-0.2, 0) is 9.59 Å². The van der Waals surface area contributed by atoms with Gasteiger partial charge in [-0.1, -0.05) is 36.4 Å². The van der Waals surface area contributed by atoms with Gasteiger partial charge in [0.1, 0.15) is 11.3 Å². The van der Waals surface area contributed by atoms with Crippen LogP contribution in [0.2, 0.25) is 0 Å². The Labute approximate surface area is 121 Å². The van der Waals surface area contributed by atoms with Crippen LogP contribution in [-0.4, -0.2) is 16.9 Å². The fourth-order valence-corrected chi connectivity index (χ4v) is 2.08. The van der Waals surface area contributed by atoms with E-state index in [1.807, 2.05) is 6.07 Å². The molecule has 0 aromatic heterocycles. The Morgan fingerprint density at radius 1 is 0.952 bits per heavy atom. The van der Waals surface area contributed by atoms with Crippen LogP contribution in [0.1, 0.15) is 5.56 Å². The minimum absolute atomic E-state index is 0.0136. The molecule has 0 radical (unpaired) electrons. The Kier molecular flexibility index (Phi) is 3.16. The zero-order valence-corrected chi connectivity index (χ0v) is 11.0. The first-order valence-corrected chi connectivity index (χ1v) is 6.37. The van der Waals surface area contributed by atoms with Gasteiger partial charge in [0.25, 0.3) is 11.8 Å². The molecule has 1 saturated heterocycles. The largest absolute Gasteiger partial charge is 0.507 e. The van der Waals surface area contributed by atoms with Crippen molar-refractivity contribution in [3.63, 3.8) is 0 Å². The third-order valence-corrected chi connectivity index (χ3v) is 3.14. The summed E-state index contributed by atoms with van der Waals surface area (Å²) in [4.78, 5) is 24.3. The molecule has 0 saturated carbocycles. The van der Waals surface area contributed by atoms with Crippen LogP contribution < -0.4 is 10.4 Å². The highest BCUT2D eigenvalue weighted by atomic mass is 16.3. The summed E-state index contributed by atoms with van der Waals surface area (Å²) in [5.41, 5.74) is 3.49. The zero-order valence-electron chi connectivity index (χ0n) is 11.0. The molecule has 3 rings (SSSR count). The van der Waals surface area contributed by atoms with E-state index in [1.54, 1.807) is 42.5 Å². The second kappa shape index (κ2) is 5.13. The maximum atomic E-state index is 12.3.